The van der Waals surface area contributed by atoms with Crippen LogP contribution in [0.3, 0.4) is 0 Å². The summed E-state index contributed by atoms with van der Waals surface area (Å²) in [4.78, 5) is 67.3. The number of ketones is 1. The van der Waals surface area contributed by atoms with E-state index in [2.05, 4.69) is 43.3 Å². The quantitative estimate of drug-likeness (QED) is 0.263. The normalized spacial score (nSPS) is 28.1. The van der Waals surface area contributed by atoms with Gasteiger partial charge in [-0.3, -0.25) is 19.2 Å². The molecule has 1 aliphatic heterocycles. The molecular formula is C30H48N4O6. The number of hydrogen-bond donors (Lipinski definition) is 3. The molecule has 224 valence electrons. The van der Waals surface area contributed by atoms with Gasteiger partial charge in [0, 0.05) is 13.1 Å². The Balaban J connectivity index is 1.78. The molecule has 1 heterocycles. The number of amides is 4. The lowest BCUT2D eigenvalue weighted by Gasteiger charge is -2.37. The second-order valence-corrected chi connectivity index (χ2v) is 13.5. The maximum atomic E-state index is 14.0. The third kappa shape index (κ3) is 6.86. The fourth-order valence-corrected chi connectivity index (χ4v) is 6.42. The molecule has 0 radical (unpaired) electrons. The number of carbonyl (C=O) groups excluding carboxylic acids is 5. The standard InChI is InChI=1S/C30H48N4O6/c1-9-11-20(23(35)26(37)31-14-10-2)32-25(36)22-21-19(30(21,7)8)16-34(22)27(38)24(29(4,5)6)33-28(39)40-18-13-12-17(3)15-18/h10,17-22,24H,2,9,11-16H2,1,3-8H3,(H,31,37)(H,32,36)(H,33,39)/t17-,18?,19?,20?,21-,22-,24+/m0/s1. The van der Waals surface area contributed by atoms with Gasteiger partial charge in [-0.15, -0.1) is 6.58 Å². The van der Waals surface area contributed by atoms with Gasteiger partial charge in [0.1, 0.15) is 18.2 Å². The van der Waals surface area contributed by atoms with Gasteiger partial charge in [0.15, 0.2) is 0 Å². The van der Waals surface area contributed by atoms with E-state index in [1.807, 2.05) is 27.7 Å². The molecule has 0 bridgehead atoms. The topological polar surface area (TPSA) is 134 Å². The number of fused-ring (bicyclic) bond motifs is 1. The van der Waals surface area contributed by atoms with Crippen molar-refractivity contribution in [3.63, 3.8) is 0 Å². The molecular weight excluding hydrogens is 512 g/mol. The number of piperidine rings is 1. The lowest BCUT2D eigenvalue weighted by Crippen LogP contribution is -2.60. The van der Waals surface area contributed by atoms with Crippen molar-refractivity contribution in [3.8, 4) is 0 Å². The molecule has 2 saturated carbocycles. The highest BCUT2D eigenvalue weighted by Gasteiger charge is 2.70. The van der Waals surface area contributed by atoms with Crippen LogP contribution in [-0.2, 0) is 23.9 Å². The van der Waals surface area contributed by atoms with E-state index >= 15 is 0 Å². The van der Waals surface area contributed by atoms with Crippen molar-refractivity contribution in [2.24, 2.45) is 28.6 Å². The lowest BCUT2D eigenvalue weighted by atomic mass is 9.85. The van der Waals surface area contributed by atoms with Crippen molar-refractivity contribution in [1.82, 2.24) is 20.9 Å². The van der Waals surface area contributed by atoms with Gasteiger partial charge in [-0.05, 0) is 54.3 Å². The Morgan fingerprint density at radius 2 is 1.80 bits per heavy atom. The van der Waals surface area contributed by atoms with E-state index in [1.54, 1.807) is 4.90 Å². The van der Waals surface area contributed by atoms with E-state index in [9.17, 15) is 24.0 Å². The molecule has 40 heavy (non-hydrogen) atoms. The fourth-order valence-electron chi connectivity index (χ4n) is 6.42. The maximum absolute atomic E-state index is 14.0. The van der Waals surface area contributed by atoms with Crippen molar-refractivity contribution in [2.45, 2.75) is 105 Å². The molecule has 3 fully saturated rings. The SMILES string of the molecule is C=CCNC(=O)C(=O)C(CCC)NC(=O)[C@@H]1[C@@H]2C(CN1C(=O)[C@@H](NC(=O)OC1CC[C@H](C)C1)C(C)(C)C)C2(C)C. The summed E-state index contributed by atoms with van der Waals surface area (Å²) in [5.41, 5.74) is -0.792. The van der Waals surface area contributed by atoms with Crippen LogP contribution < -0.4 is 16.0 Å². The zero-order valence-corrected chi connectivity index (χ0v) is 25.2. The summed E-state index contributed by atoms with van der Waals surface area (Å²) >= 11 is 0. The van der Waals surface area contributed by atoms with Gasteiger partial charge in [-0.1, -0.05) is 61.0 Å². The number of likely N-dealkylation sites (tertiary alicyclic amines) is 1. The van der Waals surface area contributed by atoms with Gasteiger partial charge in [0.25, 0.3) is 5.91 Å². The van der Waals surface area contributed by atoms with Gasteiger partial charge < -0.3 is 25.6 Å². The summed E-state index contributed by atoms with van der Waals surface area (Å²) in [6.45, 7) is 17.8. The molecule has 7 atom stereocenters. The molecule has 0 spiro atoms. The molecule has 0 aromatic carbocycles. The molecule has 0 aromatic heterocycles. The van der Waals surface area contributed by atoms with E-state index in [0.717, 1.165) is 19.3 Å². The summed E-state index contributed by atoms with van der Waals surface area (Å²) < 4.78 is 5.63. The molecule has 3 rings (SSSR count). The van der Waals surface area contributed by atoms with Crippen LogP contribution >= 0.6 is 0 Å². The van der Waals surface area contributed by atoms with Crippen molar-refractivity contribution in [1.29, 1.82) is 0 Å². The Morgan fingerprint density at radius 3 is 2.35 bits per heavy atom. The largest absolute Gasteiger partial charge is 0.446 e. The molecule has 3 aliphatic rings. The minimum atomic E-state index is -1.000. The number of alkyl carbamates (subject to hydrolysis) is 1. The van der Waals surface area contributed by atoms with Crippen LogP contribution in [0.4, 0.5) is 4.79 Å². The van der Waals surface area contributed by atoms with Crippen LogP contribution in [0, 0.1) is 28.6 Å². The molecule has 2 aliphatic carbocycles. The molecule has 1 saturated heterocycles. The van der Waals surface area contributed by atoms with Crippen LogP contribution in [0.2, 0.25) is 0 Å². The molecule has 3 unspecified atom stereocenters. The first-order valence-electron chi connectivity index (χ1n) is 14.6. The Morgan fingerprint density at radius 1 is 1.12 bits per heavy atom. The fraction of sp³-hybridized carbons (Fsp3) is 0.767. The number of ether oxygens (including phenoxy) is 1. The summed E-state index contributed by atoms with van der Waals surface area (Å²) in [7, 11) is 0. The summed E-state index contributed by atoms with van der Waals surface area (Å²) in [6, 6.07) is -2.72. The highest BCUT2D eigenvalue weighted by atomic mass is 16.6. The van der Waals surface area contributed by atoms with Crippen molar-refractivity contribution in [2.75, 3.05) is 13.1 Å². The number of hydrogen-bond acceptors (Lipinski definition) is 6. The Hall–Kier alpha value is -2.91. The molecule has 10 nitrogen and oxygen atoms in total. The second-order valence-electron chi connectivity index (χ2n) is 13.5. The second kappa shape index (κ2) is 12.3. The first-order chi connectivity index (χ1) is 18.6. The average Bonchev–Trinajstić information content (AvgIpc) is 3.21. The van der Waals surface area contributed by atoms with E-state index in [1.165, 1.54) is 6.08 Å². The highest BCUT2D eigenvalue weighted by molar-refractivity contribution is 6.38. The Bertz CT molecular complexity index is 1020. The first kappa shape index (κ1) is 31.6. The van der Waals surface area contributed by atoms with E-state index in [-0.39, 0.29) is 35.8 Å². The molecule has 10 heteroatoms. The molecule has 4 amide bonds. The van der Waals surface area contributed by atoms with Crippen LogP contribution in [0.1, 0.15) is 80.6 Å². The van der Waals surface area contributed by atoms with Gasteiger partial charge >= 0.3 is 6.09 Å². The zero-order chi connectivity index (χ0) is 30.0. The Labute approximate surface area is 238 Å². The monoisotopic (exact) mass is 560 g/mol. The summed E-state index contributed by atoms with van der Waals surface area (Å²) in [5, 5.41) is 8.06. The number of carbonyl (C=O) groups is 5. The smallest absolute Gasteiger partial charge is 0.408 e. The highest BCUT2D eigenvalue weighted by Crippen LogP contribution is 2.65. The lowest BCUT2D eigenvalue weighted by molar-refractivity contribution is -0.145. The first-order valence-corrected chi connectivity index (χ1v) is 14.6. The number of nitrogens with zero attached hydrogens (tertiary/aromatic N) is 1. The number of nitrogens with one attached hydrogen (secondary N) is 3. The average molecular weight is 561 g/mol. The van der Waals surface area contributed by atoms with Crippen LogP contribution in [0.15, 0.2) is 12.7 Å². The minimum Gasteiger partial charge on any atom is -0.446 e. The van der Waals surface area contributed by atoms with E-state index in [0.29, 0.717) is 25.3 Å². The molecule has 0 aromatic rings. The van der Waals surface area contributed by atoms with E-state index in [4.69, 9.17) is 4.74 Å². The Kier molecular flexibility index (Phi) is 9.73. The van der Waals surface area contributed by atoms with Crippen molar-refractivity contribution in [3.05, 3.63) is 12.7 Å². The number of rotatable bonds is 11. The van der Waals surface area contributed by atoms with Gasteiger partial charge in [0.05, 0.1) is 6.04 Å². The summed E-state index contributed by atoms with van der Waals surface area (Å²) in [6.07, 6.45) is 4.16. The summed E-state index contributed by atoms with van der Waals surface area (Å²) in [5.74, 6) is -1.79. The van der Waals surface area contributed by atoms with Crippen LogP contribution in [0.25, 0.3) is 0 Å². The third-order valence-electron chi connectivity index (χ3n) is 8.90. The van der Waals surface area contributed by atoms with Gasteiger partial charge in [-0.2, -0.15) is 0 Å². The third-order valence-corrected chi connectivity index (χ3v) is 8.90. The maximum Gasteiger partial charge on any atom is 0.408 e. The number of Topliss-reactive ketones (excluding diaryl/α,β-unsaturated/α-hetero) is 1. The zero-order valence-electron chi connectivity index (χ0n) is 25.2. The minimum absolute atomic E-state index is 0.0871. The van der Waals surface area contributed by atoms with Gasteiger partial charge in [-0.25, -0.2) is 4.79 Å². The van der Waals surface area contributed by atoms with Crippen LogP contribution in [-0.4, -0.2) is 71.8 Å². The predicted octanol–water partition coefficient (Wildman–Crippen LogP) is 2.96. The van der Waals surface area contributed by atoms with Crippen molar-refractivity contribution >= 4 is 29.6 Å². The van der Waals surface area contributed by atoms with Crippen LogP contribution in [0.5, 0.6) is 0 Å². The van der Waals surface area contributed by atoms with Crippen molar-refractivity contribution < 1.29 is 28.7 Å². The predicted molar refractivity (Wildman–Crippen MR) is 151 cm³/mol. The van der Waals surface area contributed by atoms with E-state index < -0.39 is 47.2 Å². The van der Waals surface area contributed by atoms with Gasteiger partial charge in [0.2, 0.25) is 17.6 Å². The molecule has 3 N–H and O–H groups in total.